The summed E-state index contributed by atoms with van der Waals surface area (Å²) in [5.41, 5.74) is -0.273. The number of hydrogen-bond donors (Lipinski definition) is 0. The van der Waals surface area contributed by atoms with Crippen LogP contribution in [0, 0.1) is 5.41 Å². The highest BCUT2D eigenvalue weighted by atomic mass is 16.5. The Bertz CT molecular complexity index is 313. The molecule has 0 aromatic rings. The van der Waals surface area contributed by atoms with Gasteiger partial charge in [0, 0.05) is 0 Å². The topological polar surface area (TPSA) is 26.3 Å². The molecule has 0 bridgehead atoms. The van der Waals surface area contributed by atoms with Crippen LogP contribution in [-0.2, 0) is 9.53 Å². The molecule has 0 heterocycles. The number of unbranched alkanes of at least 4 members (excludes halogenated alkanes) is 15. The maximum absolute atomic E-state index is 11.8. The Hall–Kier alpha value is -0.530. The fraction of sp³-hybridized carbons (Fsp3) is 0.958. The van der Waals surface area contributed by atoms with Crippen molar-refractivity contribution in [2.45, 2.75) is 136 Å². The van der Waals surface area contributed by atoms with Gasteiger partial charge in [-0.05, 0) is 19.8 Å². The second kappa shape index (κ2) is 17.9. The molecule has 0 rings (SSSR count). The molecule has 0 saturated carbocycles. The van der Waals surface area contributed by atoms with Crippen molar-refractivity contribution in [3.63, 3.8) is 0 Å². The Morgan fingerprint density at radius 1 is 0.654 bits per heavy atom. The largest absolute Gasteiger partial charge is 0.469 e. The molecule has 2 nitrogen and oxygen atoms in total. The number of methoxy groups -OCH3 is 1. The van der Waals surface area contributed by atoms with Crippen LogP contribution in [0.1, 0.15) is 136 Å². The zero-order valence-electron chi connectivity index (χ0n) is 18.5. The third-order valence-corrected chi connectivity index (χ3v) is 6.04. The van der Waals surface area contributed by atoms with Crippen molar-refractivity contribution in [2.24, 2.45) is 5.41 Å². The van der Waals surface area contributed by atoms with E-state index in [2.05, 4.69) is 13.8 Å². The van der Waals surface area contributed by atoms with Gasteiger partial charge >= 0.3 is 5.97 Å². The summed E-state index contributed by atoms with van der Waals surface area (Å²) in [6.45, 7) is 6.42. The highest BCUT2D eigenvalue weighted by molar-refractivity contribution is 5.76. The van der Waals surface area contributed by atoms with Crippen molar-refractivity contribution in [3.8, 4) is 0 Å². The number of ether oxygens (including phenoxy) is 1. The second-order valence-electron chi connectivity index (χ2n) is 8.46. The van der Waals surface area contributed by atoms with Crippen molar-refractivity contribution < 1.29 is 9.53 Å². The lowest BCUT2D eigenvalue weighted by Gasteiger charge is -2.24. The van der Waals surface area contributed by atoms with Gasteiger partial charge in [-0.1, -0.05) is 117 Å². The first-order chi connectivity index (χ1) is 12.6. The predicted molar refractivity (Wildman–Crippen MR) is 115 cm³/mol. The van der Waals surface area contributed by atoms with Crippen LogP contribution < -0.4 is 0 Å². The first-order valence-electron chi connectivity index (χ1n) is 11.7. The van der Waals surface area contributed by atoms with Crippen LogP contribution in [0.5, 0.6) is 0 Å². The molecule has 0 aliphatic rings. The van der Waals surface area contributed by atoms with Gasteiger partial charge in [-0.15, -0.1) is 0 Å². The average Bonchev–Trinajstić information content (AvgIpc) is 2.66. The number of carbonyl (C=O) groups excluding carboxylic acids is 1. The Balaban J connectivity index is 3.30. The number of carbonyl (C=O) groups is 1. The lowest BCUT2D eigenvalue weighted by atomic mass is 9.82. The number of hydrogen-bond acceptors (Lipinski definition) is 2. The van der Waals surface area contributed by atoms with E-state index in [9.17, 15) is 4.79 Å². The summed E-state index contributed by atoms with van der Waals surface area (Å²) in [5.74, 6) is -0.0408. The van der Waals surface area contributed by atoms with Crippen molar-refractivity contribution in [1.82, 2.24) is 0 Å². The molecule has 0 aromatic heterocycles. The van der Waals surface area contributed by atoms with Crippen LogP contribution in [0.4, 0.5) is 0 Å². The van der Waals surface area contributed by atoms with Gasteiger partial charge < -0.3 is 4.74 Å². The van der Waals surface area contributed by atoms with E-state index in [1.807, 2.05) is 6.92 Å². The van der Waals surface area contributed by atoms with Crippen LogP contribution in [0.15, 0.2) is 0 Å². The summed E-state index contributed by atoms with van der Waals surface area (Å²) in [7, 11) is 1.50. The smallest absolute Gasteiger partial charge is 0.311 e. The standard InChI is InChI=1S/C24H48O2/c1-5-7-8-9-10-11-12-13-14-15-16-17-18-19-20-21-22-24(3,6-2)23(25)26-4/h5-22H2,1-4H3. The van der Waals surface area contributed by atoms with Crippen LogP contribution in [0.3, 0.4) is 0 Å². The molecule has 1 atom stereocenters. The predicted octanol–water partition coefficient (Wildman–Crippen LogP) is 8.23. The van der Waals surface area contributed by atoms with Gasteiger partial charge in [0.05, 0.1) is 12.5 Å². The summed E-state index contributed by atoms with van der Waals surface area (Å²) in [6, 6.07) is 0. The lowest BCUT2D eigenvalue weighted by Crippen LogP contribution is -2.28. The van der Waals surface area contributed by atoms with Crippen LogP contribution >= 0.6 is 0 Å². The molecule has 26 heavy (non-hydrogen) atoms. The highest BCUT2D eigenvalue weighted by Crippen LogP contribution is 2.30. The van der Waals surface area contributed by atoms with Crippen molar-refractivity contribution in [3.05, 3.63) is 0 Å². The quantitative estimate of drug-likeness (QED) is 0.169. The minimum absolute atomic E-state index is 0.0408. The molecule has 0 aliphatic carbocycles. The van der Waals surface area contributed by atoms with Gasteiger partial charge in [0.25, 0.3) is 0 Å². The number of esters is 1. The lowest BCUT2D eigenvalue weighted by molar-refractivity contribution is -0.152. The normalized spacial score (nSPS) is 13.5. The van der Waals surface area contributed by atoms with Gasteiger partial charge in [0.15, 0.2) is 0 Å². The van der Waals surface area contributed by atoms with E-state index in [1.165, 1.54) is 103 Å². The van der Waals surface area contributed by atoms with E-state index in [0.29, 0.717) is 0 Å². The minimum Gasteiger partial charge on any atom is -0.469 e. The summed E-state index contributed by atoms with van der Waals surface area (Å²) >= 11 is 0. The SMILES string of the molecule is CCCCCCCCCCCCCCCCCCC(C)(CC)C(=O)OC. The third-order valence-electron chi connectivity index (χ3n) is 6.04. The fourth-order valence-electron chi connectivity index (χ4n) is 3.73. The van der Waals surface area contributed by atoms with Crippen molar-refractivity contribution in [2.75, 3.05) is 7.11 Å². The first-order valence-corrected chi connectivity index (χ1v) is 11.7. The third kappa shape index (κ3) is 13.6. The molecule has 0 fully saturated rings. The Morgan fingerprint density at radius 2 is 1.00 bits per heavy atom. The maximum Gasteiger partial charge on any atom is 0.311 e. The van der Waals surface area contributed by atoms with Crippen LogP contribution in [0.25, 0.3) is 0 Å². The Morgan fingerprint density at radius 3 is 1.31 bits per heavy atom. The molecule has 0 N–H and O–H groups in total. The molecule has 156 valence electrons. The van der Waals surface area contributed by atoms with Gasteiger partial charge in [0.2, 0.25) is 0 Å². The fourth-order valence-corrected chi connectivity index (χ4v) is 3.73. The van der Waals surface area contributed by atoms with E-state index in [4.69, 9.17) is 4.74 Å². The van der Waals surface area contributed by atoms with E-state index in [-0.39, 0.29) is 11.4 Å². The highest BCUT2D eigenvalue weighted by Gasteiger charge is 2.31. The molecule has 0 spiro atoms. The molecule has 2 heteroatoms. The van der Waals surface area contributed by atoms with Gasteiger partial charge in [-0.2, -0.15) is 0 Å². The van der Waals surface area contributed by atoms with Gasteiger partial charge in [0.1, 0.15) is 0 Å². The zero-order chi connectivity index (χ0) is 19.5. The molecule has 0 saturated heterocycles. The summed E-state index contributed by atoms with van der Waals surface area (Å²) in [4.78, 5) is 11.8. The molecule has 1 unspecified atom stereocenters. The molecule has 0 aromatic carbocycles. The average molecular weight is 369 g/mol. The summed E-state index contributed by atoms with van der Waals surface area (Å²) in [6.07, 6.45) is 24.0. The molecular formula is C24H48O2. The van der Waals surface area contributed by atoms with Gasteiger partial charge in [-0.25, -0.2) is 0 Å². The Labute approximate surface area is 164 Å². The molecular weight excluding hydrogens is 320 g/mol. The van der Waals surface area contributed by atoms with Crippen LogP contribution in [0.2, 0.25) is 0 Å². The second-order valence-corrected chi connectivity index (χ2v) is 8.46. The van der Waals surface area contributed by atoms with Gasteiger partial charge in [-0.3, -0.25) is 4.79 Å². The summed E-state index contributed by atoms with van der Waals surface area (Å²) in [5, 5.41) is 0. The van der Waals surface area contributed by atoms with Crippen molar-refractivity contribution in [1.29, 1.82) is 0 Å². The zero-order valence-corrected chi connectivity index (χ0v) is 18.5. The minimum atomic E-state index is -0.273. The van der Waals surface area contributed by atoms with Crippen LogP contribution in [-0.4, -0.2) is 13.1 Å². The van der Waals surface area contributed by atoms with E-state index in [0.717, 1.165) is 19.3 Å². The van der Waals surface area contributed by atoms with Crippen molar-refractivity contribution >= 4 is 5.97 Å². The summed E-state index contributed by atoms with van der Waals surface area (Å²) < 4.78 is 4.95. The Kier molecular flexibility index (Phi) is 17.5. The van der Waals surface area contributed by atoms with E-state index < -0.39 is 0 Å². The van der Waals surface area contributed by atoms with E-state index in [1.54, 1.807) is 0 Å². The molecule has 0 radical (unpaired) electrons. The maximum atomic E-state index is 11.8. The molecule has 0 amide bonds. The molecule has 0 aliphatic heterocycles. The number of rotatable bonds is 19. The first kappa shape index (κ1) is 25.5. The monoisotopic (exact) mass is 368 g/mol. The van der Waals surface area contributed by atoms with E-state index >= 15 is 0 Å².